The third-order valence-electron chi connectivity index (χ3n) is 3.89. The van der Waals surface area contributed by atoms with Crippen LogP contribution < -0.4 is 5.32 Å². The quantitative estimate of drug-likeness (QED) is 0.669. The highest BCUT2D eigenvalue weighted by atomic mass is 32.2. The standard InChI is InChI=1S/C10H17NS/c1-2-8-6-12-10(11-8)4-3-7-5-9(7)10/h7-9,11H,2-6H2,1H3. The first-order valence-electron chi connectivity index (χ1n) is 5.26. The molecule has 1 N–H and O–H groups in total. The molecule has 12 heavy (non-hydrogen) atoms. The predicted octanol–water partition coefficient (Wildman–Crippen LogP) is 2.23. The fourth-order valence-corrected chi connectivity index (χ4v) is 4.81. The summed E-state index contributed by atoms with van der Waals surface area (Å²) < 4.78 is 0. The highest BCUT2D eigenvalue weighted by Crippen LogP contribution is 2.63. The van der Waals surface area contributed by atoms with Gasteiger partial charge < -0.3 is 0 Å². The zero-order valence-electron chi connectivity index (χ0n) is 7.68. The minimum Gasteiger partial charge on any atom is -0.299 e. The maximum atomic E-state index is 3.87. The maximum absolute atomic E-state index is 3.87. The average Bonchev–Trinajstić information content (AvgIpc) is 2.68. The summed E-state index contributed by atoms with van der Waals surface area (Å²) in [5, 5.41) is 3.87. The number of fused-ring (bicyclic) bond motifs is 2. The molecular weight excluding hydrogens is 166 g/mol. The highest BCUT2D eigenvalue weighted by Gasteiger charge is 2.60. The monoisotopic (exact) mass is 183 g/mol. The minimum absolute atomic E-state index is 0.561. The van der Waals surface area contributed by atoms with Crippen LogP contribution in [0.25, 0.3) is 0 Å². The van der Waals surface area contributed by atoms with E-state index in [0.717, 1.165) is 17.9 Å². The molecule has 1 heterocycles. The van der Waals surface area contributed by atoms with Crippen LogP contribution >= 0.6 is 11.8 Å². The van der Waals surface area contributed by atoms with Crippen LogP contribution in [0.4, 0.5) is 0 Å². The molecule has 0 aromatic heterocycles. The third kappa shape index (κ3) is 0.912. The lowest BCUT2D eigenvalue weighted by atomic mass is 10.1. The summed E-state index contributed by atoms with van der Waals surface area (Å²) in [4.78, 5) is 0.561. The molecule has 3 fully saturated rings. The van der Waals surface area contributed by atoms with Crippen LogP contribution in [0.1, 0.15) is 32.6 Å². The van der Waals surface area contributed by atoms with Crippen LogP contribution in [0.15, 0.2) is 0 Å². The van der Waals surface area contributed by atoms with Crippen LogP contribution in [0.2, 0.25) is 0 Å². The van der Waals surface area contributed by atoms with Gasteiger partial charge in [0.15, 0.2) is 0 Å². The van der Waals surface area contributed by atoms with Gasteiger partial charge in [0.05, 0.1) is 4.87 Å². The molecule has 4 atom stereocenters. The smallest absolute Gasteiger partial charge is 0.0679 e. The van der Waals surface area contributed by atoms with E-state index in [1.165, 1.54) is 31.4 Å². The molecule has 3 rings (SSSR count). The molecule has 3 aliphatic rings. The van der Waals surface area contributed by atoms with E-state index in [4.69, 9.17) is 0 Å². The summed E-state index contributed by atoms with van der Waals surface area (Å²) in [7, 11) is 0. The van der Waals surface area contributed by atoms with Crippen molar-refractivity contribution >= 4 is 11.8 Å². The van der Waals surface area contributed by atoms with Gasteiger partial charge in [-0.05, 0) is 37.5 Å². The van der Waals surface area contributed by atoms with Gasteiger partial charge in [-0.15, -0.1) is 11.8 Å². The first-order valence-corrected chi connectivity index (χ1v) is 6.24. The van der Waals surface area contributed by atoms with Crippen molar-refractivity contribution in [2.45, 2.75) is 43.5 Å². The summed E-state index contributed by atoms with van der Waals surface area (Å²) in [6.45, 7) is 2.30. The lowest BCUT2D eigenvalue weighted by Crippen LogP contribution is -2.41. The van der Waals surface area contributed by atoms with Crippen LogP contribution in [-0.2, 0) is 0 Å². The Labute approximate surface area is 78.7 Å². The molecule has 1 spiro atoms. The number of nitrogens with one attached hydrogen (secondary N) is 1. The summed E-state index contributed by atoms with van der Waals surface area (Å²) in [6.07, 6.45) is 5.78. The van der Waals surface area contributed by atoms with Crippen molar-refractivity contribution in [2.24, 2.45) is 11.8 Å². The zero-order chi connectivity index (χ0) is 8.18. The molecule has 1 aliphatic heterocycles. The van der Waals surface area contributed by atoms with Crippen molar-refractivity contribution in [2.75, 3.05) is 5.75 Å². The van der Waals surface area contributed by atoms with Crippen molar-refractivity contribution < 1.29 is 0 Å². The average molecular weight is 183 g/mol. The summed E-state index contributed by atoms with van der Waals surface area (Å²) >= 11 is 2.22. The van der Waals surface area contributed by atoms with Gasteiger partial charge in [0, 0.05) is 11.8 Å². The number of hydrogen-bond acceptors (Lipinski definition) is 2. The van der Waals surface area contributed by atoms with Gasteiger partial charge in [-0.25, -0.2) is 0 Å². The molecule has 0 radical (unpaired) electrons. The number of rotatable bonds is 1. The van der Waals surface area contributed by atoms with Gasteiger partial charge in [0.25, 0.3) is 0 Å². The van der Waals surface area contributed by atoms with E-state index in [-0.39, 0.29) is 0 Å². The molecule has 68 valence electrons. The Hall–Kier alpha value is 0.310. The van der Waals surface area contributed by atoms with Crippen LogP contribution in [0.5, 0.6) is 0 Å². The van der Waals surface area contributed by atoms with E-state index in [1.807, 2.05) is 0 Å². The molecule has 0 aromatic rings. The lowest BCUT2D eigenvalue weighted by molar-refractivity contribution is 0.402. The molecule has 4 unspecified atom stereocenters. The van der Waals surface area contributed by atoms with E-state index in [9.17, 15) is 0 Å². The molecule has 2 heteroatoms. The Morgan fingerprint density at radius 3 is 3.00 bits per heavy atom. The number of thioether (sulfide) groups is 1. The SMILES string of the molecule is CCC1CSC2(CCC3CC32)N1. The summed E-state index contributed by atoms with van der Waals surface area (Å²) in [5.74, 6) is 3.53. The van der Waals surface area contributed by atoms with Crippen molar-refractivity contribution in [3.8, 4) is 0 Å². The summed E-state index contributed by atoms with van der Waals surface area (Å²) in [6, 6.07) is 0.814. The Balaban J connectivity index is 1.76. The van der Waals surface area contributed by atoms with Crippen LogP contribution in [-0.4, -0.2) is 16.7 Å². The van der Waals surface area contributed by atoms with Gasteiger partial charge in [0.2, 0.25) is 0 Å². The molecule has 2 aliphatic carbocycles. The lowest BCUT2D eigenvalue weighted by Gasteiger charge is -2.26. The molecule has 1 nitrogen and oxygen atoms in total. The van der Waals surface area contributed by atoms with Gasteiger partial charge in [-0.3, -0.25) is 5.32 Å². The zero-order valence-corrected chi connectivity index (χ0v) is 8.49. The Kier molecular flexibility index (Phi) is 1.55. The van der Waals surface area contributed by atoms with E-state index >= 15 is 0 Å². The van der Waals surface area contributed by atoms with Gasteiger partial charge >= 0.3 is 0 Å². The minimum atomic E-state index is 0.561. The molecular formula is C10H17NS. The normalized spacial score (nSPS) is 56.2. The van der Waals surface area contributed by atoms with E-state index < -0.39 is 0 Å². The Morgan fingerprint density at radius 2 is 2.50 bits per heavy atom. The van der Waals surface area contributed by atoms with E-state index in [2.05, 4.69) is 24.0 Å². The van der Waals surface area contributed by atoms with Gasteiger partial charge in [0.1, 0.15) is 0 Å². The fraction of sp³-hybridized carbons (Fsp3) is 1.00. The largest absolute Gasteiger partial charge is 0.299 e. The van der Waals surface area contributed by atoms with E-state index in [0.29, 0.717) is 4.87 Å². The first kappa shape index (κ1) is 7.69. The van der Waals surface area contributed by atoms with Crippen LogP contribution in [0.3, 0.4) is 0 Å². The van der Waals surface area contributed by atoms with Gasteiger partial charge in [-0.2, -0.15) is 0 Å². The van der Waals surface area contributed by atoms with Crippen molar-refractivity contribution in [3.63, 3.8) is 0 Å². The van der Waals surface area contributed by atoms with Gasteiger partial charge in [-0.1, -0.05) is 6.92 Å². The first-order chi connectivity index (χ1) is 5.84. The maximum Gasteiger partial charge on any atom is 0.0679 e. The highest BCUT2D eigenvalue weighted by molar-refractivity contribution is 8.01. The molecule has 0 bridgehead atoms. The van der Waals surface area contributed by atoms with E-state index in [1.54, 1.807) is 0 Å². The van der Waals surface area contributed by atoms with Crippen molar-refractivity contribution in [1.29, 1.82) is 0 Å². The fourth-order valence-electron chi connectivity index (χ4n) is 2.98. The molecule has 2 saturated carbocycles. The van der Waals surface area contributed by atoms with Crippen molar-refractivity contribution in [1.82, 2.24) is 5.32 Å². The Bertz CT molecular complexity index is 206. The molecule has 0 amide bonds. The topological polar surface area (TPSA) is 12.0 Å². The second-order valence-electron chi connectivity index (χ2n) is 4.59. The molecule has 0 aromatic carbocycles. The molecule has 1 saturated heterocycles. The predicted molar refractivity (Wildman–Crippen MR) is 53.2 cm³/mol. The second kappa shape index (κ2) is 2.42. The summed E-state index contributed by atoms with van der Waals surface area (Å²) in [5.41, 5.74) is 0. The number of hydrogen-bond donors (Lipinski definition) is 1. The Morgan fingerprint density at radius 1 is 1.58 bits per heavy atom. The third-order valence-corrected chi connectivity index (χ3v) is 5.60. The van der Waals surface area contributed by atoms with Crippen molar-refractivity contribution in [3.05, 3.63) is 0 Å². The van der Waals surface area contributed by atoms with Crippen LogP contribution in [0, 0.1) is 11.8 Å². The second-order valence-corrected chi connectivity index (χ2v) is 5.94.